The summed E-state index contributed by atoms with van der Waals surface area (Å²) in [6.07, 6.45) is 2.98. The summed E-state index contributed by atoms with van der Waals surface area (Å²) in [4.78, 5) is 0. The highest BCUT2D eigenvalue weighted by atomic mass is 14.1. The molecule has 0 atom stereocenters. The van der Waals surface area contributed by atoms with Crippen LogP contribution in [0.4, 0.5) is 0 Å². The van der Waals surface area contributed by atoms with Crippen LogP contribution >= 0.6 is 0 Å². The van der Waals surface area contributed by atoms with E-state index < -0.39 is 0 Å². The van der Waals surface area contributed by atoms with E-state index in [2.05, 4.69) is 67.3 Å². The lowest BCUT2D eigenvalue weighted by Gasteiger charge is -2.03. The molecule has 75 valence electrons. The number of aryl methyl sites for hydroxylation is 1. The molecule has 0 amide bonds. The van der Waals surface area contributed by atoms with Gasteiger partial charge >= 0.3 is 0 Å². The fourth-order valence-electron chi connectivity index (χ4n) is 1.75. The second-order valence-electron chi connectivity index (χ2n) is 4.07. The maximum atomic E-state index is 2.98. The summed E-state index contributed by atoms with van der Waals surface area (Å²) in [5, 5.41) is 0. The maximum absolute atomic E-state index is 2.98. The number of hydrogen-bond donors (Lipinski definition) is 0. The van der Waals surface area contributed by atoms with Crippen molar-refractivity contribution in [2.24, 2.45) is 0 Å². The molecule has 1 aliphatic carbocycles. The van der Waals surface area contributed by atoms with Gasteiger partial charge in [-0.3, -0.25) is 0 Å². The Bertz CT molecular complexity index is 577. The van der Waals surface area contributed by atoms with E-state index in [1.165, 1.54) is 22.3 Å². The van der Waals surface area contributed by atoms with E-state index in [1.807, 2.05) is 0 Å². The molecule has 0 saturated carbocycles. The van der Waals surface area contributed by atoms with Gasteiger partial charge in [0.15, 0.2) is 0 Å². The SMILES string of the molecule is Cc1ccc(-c2ccc(C3=C=[C]3)cc2)cc1. The zero-order valence-electron chi connectivity index (χ0n) is 9.12. The van der Waals surface area contributed by atoms with Crippen LogP contribution in [-0.2, 0) is 0 Å². The zero-order chi connectivity index (χ0) is 11.0. The minimum absolute atomic E-state index is 1.11. The number of hydrogen-bond acceptors (Lipinski definition) is 0. The van der Waals surface area contributed by atoms with E-state index in [0.29, 0.717) is 0 Å². The van der Waals surface area contributed by atoms with Crippen molar-refractivity contribution >= 4 is 5.57 Å². The van der Waals surface area contributed by atoms with E-state index in [4.69, 9.17) is 0 Å². The molecule has 1 radical (unpaired) electrons. The van der Waals surface area contributed by atoms with Crippen molar-refractivity contribution in [1.29, 1.82) is 0 Å². The summed E-state index contributed by atoms with van der Waals surface area (Å²) in [7, 11) is 0. The van der Waals surface area contributed by atoms with Gasteiger partial charge in [-0.25, -0.2) is 0 Å². The Morgan fingerprint density at radius 2 is 1.12 bits per heavy atom. The van der Waals surface area contributed by atoms with Crippen molar-refractivity contribution in [3.63, 3.8) is 0 Å². The van der Waals surface area contributed by atoms with Crippen LogP contribution in [0.5, 0.6) is 0 Å². The van der Waals surface area contributed by atoms with Gasteiger partial charge in [0.05, 0.1) is 0 Å². The van der Waals surface area contributed by atoms with Gasteiger partial charge in [-0.2, -0.15) is 0 Å². The van der Waals surface area contributed by atoms with Crippen LogP contribution in [0.1, 0.15) is 11.1 Å². The average Bonchev–Trinajstić information content (AvgIpc) is 3.14. The van der Waals surface area contributed by atoms with E-state index in [9.17, 15) is 0 Å². The predicted molar refractivity (Wildman–Crippen MR) is 66.8 cm³/mol. The Morgan fingerprint density at radius 1 is 0.688 bits per heavy atom. The lowest BCUT2D eigenvalue weighted by Crippen LogP contribution is -1.80. The predicted octanol–water partition coefficient (Wildman–Crippen LogP) is 4.02. The summed E-state index contributed by atoms with van der Waals surface area (Å²) < 4.78 is 0. The molecular formula is C16H11. The smallest absolute Gasteiger partial charge is 0.0491 e. The third kappa shape index (κ3) is 1.71. The molecule has 0 fully saturated rings. The Labute approximate surface area is 95.6 Å². The third-order valence-electron chi connectivity index (χ3n) is 2.81. The first-order chi connectivity index (χ1) is 7.83. The van der Waals surface area contributed by atoms with Crippen molar-refractivity contribution in [2.75, 3.05) is 0 Å². The van der Waals surface area contributed by atoms with Crippen LogP contribution in [0.25, 0.3) is 16.7 Å². The van der Waals surface area contributed by atoms with Crippen LogP contribution in [0, 0.1) is 13.0 Å². The topological polar surface area (TPSA) is 0 Å². The number of benzene rings is 2. The Balaban J connectivity index is 1.94. The Morgan fingerprint density at radius 3 is 1.62 bits per heavy atom. The quantitative estimate of drug-likeness (QED) is 0.647. The number of rotatable bonds is 2. The summed E-state index contributed by atoms with van der Waals surface area (Å²) >= 11 is 0. The molecule has 0 N–H and O–H groups in total. The molecule has 0 bridgehead atoms. The molecule has 0 heteroatoms. The summed E-state index contributed by atoms with van der Waals surface area (Å²) in [5.74, 6) is 0. The molecule has 2 aromatic rings. The van der Waals surface area contributed by atoms with Crippen LogP contribution in [0.3, 0.4) is 0 Å². The minimum Gasteiger partial charge on any atom is -0.100 e. The maximum Gasteiger partial charge on any atom is 0.0491 e. The fraction of sp³-hybridized carbons (Fsp3) is 0.0625. The highest BCUT2D eigenvalue weighted by molar-refractivity contribution is 5.80. The van der Waals surface area contributed by atoms with Gasteiger partial charge in [-0.15, -0.1) is 5.73 Å². The molecule has 0 unspecified atom stereocenters. The van der Waals surface area contributed by atoms with Crippen molar-refractivity contribution in [2.45, 2.75) is 6.92 Å². The molecule has 16 heavy (non-hydrogen) atoms. The highest BCUT2D eigenvalue weighted by Gasteiger charge is 2.05. The van der Waals surface area contributed by atoms with E-state index >= 15 is 0 Å². The highest BCUT2D eigenvalue weighted by Crippen LogP contribution is 2.25. The molecule has 3 rings (SSSR count). The van der Waals surface area contributed by atoms with Crippen molar-refractivity contribution < 1.29 is 0 Å². The van der Waals surface area contributed by atoms with Crippen molar-refractivity contribution in [3.05, 3.63) is 71.5 Å². The van der Waals surface area contributed by atoms with E-state index in [1.54, 1.807) is 0 Å². The Kier molecular flexibility index (Phi) is 2.02. The lowest BCUT2D eigenvalue weighted by molar-refractivity contribution is 1.47. The van der Waals surface area contributed by atoms with Crippen molar-refractivity contribution in [1.82, 2.24) is 0 Å². The molecular weight excluding hydrogens is 192 g/mol. The standard InChI is InChI=1S/C16H11/c1-12-2-4-13(5-3-12)14-6-8-15(9-7-14)16-10-11-16/h2-9H,1H3. The summed E-state index contributed by atoms with van der Waals surface area (Å²) in [6, 6.07) is 17.1. The molecule has 2 aromatic carbocycles. The van der Waals surface area contributed by atoms with Gasteiger partial charge in [0.1, 0.15) is 0 Å². The molecule has 0 heterocycles. The van der Waals surface area contributed by atoms with Gasteiger partial charge in [0.2, 0.25) is 0 Å². The van der Waals surface area contributed by atoms with Crippen LogP contribution < -0.4 is 0 Å². The largest absolute Gasteiger partial charge is 0.100 e. The monoisotopic (exact) mass is 203 g/mol. The van der Waals surface area contributed by atoms with Gasteiger partial charge < -0.3 is 0 Å². The third-order valence-corrected chi connectivity index (χ3v) is 2.81. The molecule has 0 nitrogen and oxygen atoms in total. The van der Waals surface area contributed by atoms with Gasteiger partial charge in [0.25, 0.3) is 0 Å². The van der Waals surface area contributed by atoms with Crippen LogP contribution in [-0.4, -0.2) is 0 Å². The first-order valence-corrected chi connectivity index (χ1v) is 5.39. The number of allylic oxidation sites excluding steroid dienone is 1. The Hall–Kier alpha value is -2.04. The molecule has 1 aliphatic rings. The van der Waals surface area contributed by atoms with E-state index in [0.717, 1.165) is 5.57 Å². The second kappa shape index (κ2) is 3.52. The normalized spacial score (nSPS) is 12.4. The second-order valence-corrected chi connectivity index (χ2v) is 4.07. The average molecular weight is 203 g/mol. The molecule has 0 aliphatic heterocycles. The summed E-state index contributed by atoms with van der Waals surface area (Å²) in [6.45, 7) is 2.11. The van der Waals surface area contributed by atoms with E-state index in [-0.39, 0.29) is 0 Å². The molecule has 0 aromatic heterocycles. The van der Waals surface area contributed by atoms with Gasteiger partial charge in [-0.05, 0) is 23.6 Å². The zero-order valence-corrected chi connectivity index (χ0v) is 9.12. The lowest BCUT2D eigenvalue weighted by atomic mass is 10.0. The minimum atomic E-state index is 1.11. The molecule has 0 spiro atoms. The van der Waals surface area contributed by atoms with Gasteiger partial charge in [-0.1, -0.05) is 54.1 Å². The van der Waals surface area contributed by atoms with Crippen molar-refractivity contribution in [3.8, 4) is 11.1 Å². The first kappa shape index (κ1) is 9.21. The molecule has 0 saturated heterocycles. The van der Waals surface area contributed by atoms with Crippen LogP contribution in [0.15, 0.2) is 54.3 Å². The van der Waals surface area contributed by atoms with Gasteiger partial charge in [0, 0.05) is 11.6 Å². The fourth-order valence-corrected chi connectivity index (χ4v) is 1.75. The summed E-state index contributed by atoms with van der Waals surface area (Å²) in [5.41, 5.74) is 9.11. The first-order valence-electron chi connectivity index (χ1n) is 5.39. The van der Waals surface area contributed by atoms with Crippen LogP contribution in [0.2, 0.25) is 0 Å².